The molecule has 11 heteroatoms. The minimum Gasteiger partial charge on any atom is -0.497 e. The van der Waals surface area contributed by atoms with Crippen molar-refractivity contribution in [2.24, 2.45) is 0 Å². The molecule has 0 bridgehead atoms. The molecule has 1 amide bonds. The molecule has 1 N–H and O–H groups in total. The average Bonchev–Trinajstić information content (AvgIpc) is 2.87. The number of nitrogens with one attached hydrogen (secondary N) is 1. The number of hydrogen-bond acceptors (Lipinski definition) is 6. The van der Waals surface area contributed by atoms with Crippen LogP contribution in [-0.4, -0.2) is 56.9 Å². The van der Waals surface area contributed by atoms with Gasteiger partial charge in [-0.15, -0.1) is 0 Å². The molecule has 0 spiro atoms. The second kappa shape index (κ2) is 10.4. The normalized spacial score (nSPS) is 14.5. The molecular weight excluding hydrogens is 478 g/mol. The van der Waals surface area contributed by atoms with Crippen LogP contribution in [0, 0.1) is 11.6 Å². The molecule has 0 atom stereocenters. The highest BCUT2D eigenvalue weighted by Crippen LogP contribution is 2.23. The van der Waals surface area contributed by atoms with Gasteiger partial charge in [0.2, 0.25) is 10.0 Å². The first kappa shape index (κ1) is 24.6. The van der Waals surface area contributed by atoms with Crippen LogP contribution in [-0.2, 0) is 16.6 Å². The summed E-state index contributed by atoms with van der Waals surface area (Å²) in [5, 5.41) is 2.87. The first-order valence-electron chi connectivity index (χ1n) is 10.9. The number of pyridine rings is 1. The van der Waals surface area contributed by atoms with Gasteiger partial charge in [-0.1, -0.05) is 12.1 Å². The fraction of sp³-hybridized carbons (Fsp3) is 0.250. The number of hydrogen-bond donors (Lipinski definition) is 1. The van der Waals surface area contributed by atoms with E-state index in [0.717, 1.165) is 23.4 Å². The molecule has 4 rings (SSSR count). The maximum atomic E-state index is 13.6. The Morgan fingerprint density at radius 3 is 2.31 bits per heavy atom. The number of halogens is 2. The lowest BCUT2D eigenvalue weighted by Gasteiger charge is -2.35. The van der Waals surface area contributed by atoms with Crippen molar-refractivity contribution >= 4 is 21.7 Å². The van der Waals surface area contributed by atoms with Gasteiger partial charge in [0.25, 0.3) is 5.91 Å². The fourth-order valence-corrected chi connectivity index (χ4v) is 5.28. The van der Waals surface area contributed by atoms with Gasteiger partial charge in [-0.05, 0) is 42.0 Å². The summed E-state index contributed by atoms with van der Waals surface area (Å²) in [5.74, 6) is -1.07. The van der Waals surface area contributed by atoms with Gasteiger partial charge in [0.15, 0.2) is 0 Å². The van der Waals surface area contributed by atoms with Crippen LogP contribution in [0.5, 0.6) is 5.75 Å². The molecule has 0 unspecified atom stereocenters. The number of ether oxygens (including phenoxy) is 1. The molecule has 1 aliphatic rings. The topological polar surface area (TPSA) is 91.8 Å². The third-order valence-electron chi connectivity index (χ3n) is 5.66. The number of anilines is 1. The fourth-order valence-electron chi connectivity index (χ4n) is 3.81. The van der Waals surface area contributed by atoms with E-state index in [0.29, 0.717) is 24.0 Å². The standard InChI is InChI=1S/C24H24F2N4O4S/c1-34-20-6-4-17(5-7-20)16-28-24(31)22-3-2-8-27-23(22)29-9-11-30(12-10-29)35(32,33)21-14-18(25)13-19(26)15-21/h2-8,13-15H,9-12,16H2,1H3,(H,28,31). The summed E-state index contributed by atoms with van der Waals surface area (Å²) in [5.41, 5.74) is 1.27. The van der Waals surface area contributed by atoms with E-state index in [1.807, 2.05) is 29.2 Å². The van der Waals surface area contributed by atoms with Crippen molar-refractivity contribution in [3.05, 3.63) is 83.6 Å². The number of carbonyl (C=O) groups excluding carboxylic acids is 1. The van der Waals surface area contributed by atoms with Crippen molar-refractivity contribution in [3.8, 4) is 5.75 Å². The number of sulfonamides is 1. The molecule has 3 aromatic rings. The average molecular weight is 503 g/mol. The molecule has 1 fully saturated rings. The van der Waals surface area contributed by atoms with Crippen LogP contribution in [0.4, 0.5) is 14.6 Å². The van der Waals surface area contributed by atoms with Crippen LogP contribution in [0.1, 0.15) is 15.9 Å². The Morgan fingerprint density at radius 1 is 1.03 bits per heavy atom. The zero-order chi connectivity index (χ0) is 25.0. The van der Waals surface area contributed by atoms with E-state index < -0.39 is 26.6 Å². The molecule has 184 valence electrons. The van der Waals surface area contributed by atoms with Gasteiger partial charge in [0, 0.05) is 45.0 Å². The third-order valence-corrected chi connectivity index (χ3v) is 7.53. The predicted octanol–water partition coefficient (Wildman–Crippen LogP) is 2.81. The molecule has 0 saturated carbocycles. The highest BCUT2D eigenvalue weighted by Gasteiger charge is 2.31. The van der Waals surface area contributed by atoms with Gasteiger partial charge < -0.3 is 15.0 Å². The Kier molecular flexibility index (Phi) is 7.27. The van der Waals surface area contributed by atoms with Crippen molar-refractivity contribution in [1.29, 1.82) is 0 Å². The molecule has 2 heterocycles. The molecule has 0 aliphatic carbocycles. The van der Waals surface area contributed by atoms with Crippen LogP contribution in [0.15, 0.2) is 65.7 Å². The number of piperazine rings is 1. The van der Waals surface area contributed by atoms with E-state index in [4.69, 9.17) is 4.74 Å². The molecule has 2 aromatic carbocycles. The monoisotopic (exact) mass is 502 g/mol. The molecule has 1 saturated heterocycles. The van der Waals surface area contributed by atoms with Crippen molar-refractivity contribution in [2.45, 2.75) is 11.4 Å². The van der Waals surface area contributed by atoms with E-state index in [2.05, 4.69) is 10.3 Å². The minimum atomic E-state index is -4.07. The van der Waals surface area contributed by atoms with Gasteiger partial charge in [0.1, 0.15) is 23.2 Å². The lowest BCUT2D eigenvalue weighted by atomic mass is 10.2. The summed E-state index contributed by atoms with van der Waals surface area (Å²) in [4.78, 5) is 18.6. The number of methoxy groups -OCH3 is 1. The lowest BCUT2D eigenvalue weighted by Crippen LogP contribution is -2.49. The molecule has 35 heavy (non-hydrogen) atoms. The summed E-state index contributed by atoms with van der Waals surface area (Å²) in [6, 6.07) is 12.9. The van der Waals surface area contributed by atoms with Crippen LogP contribution >= 0.6 is 0 Å². The second-order valence-electron chi connectivity index (χ2n) is 7.90. The SMILES string of the molecule is COc1ccc(CNC(=O)c2cccnc2N2CCN(S(=O)(=O)c3cc(F)cc(F)c3)CC2)cc1. The molecule has 0 radical (unpaired) electrons. The van der Waals surface area contributed by atoms with Crippen molar-refractivity contribution < 1.29 is 26.7 Å². The van der Waals surface area contributed by atoms with Crippen LogP contribution in [0.2, 0.25) is 0 Å². The zero-order valence-electron chi connectivity index (χ0n) is 18.9. The minimum absolute atomic E-state index is 0.0734. The lowest BCUT2D eigenvalue weighted by molar-refractivity contribution is 0.0951. The first-order chi connectivity index (χ1) is 16.8. The van der Waals surface area contributed by atoms with E-state index >= 15 is 0 Å². The maximum Gasteiger partial charge on any atom is 0.255 e. The van der Waals surface area contributed by atoms with E-state index in [1.54, 1.807) is 25.4 Å². The Hall–Kier alpha value is -3.57. The zero-order valence-corrected chi connectivity index (χ0v) is 19.8. The van der Waals surface area contributed by atoms with E-state index in [1.165, 1.54) is 4.31 Å². The number of benzene rings is 2. The molecular formula is C24H24F2N4O4S. The molecule has 1 aliphatic heterocycles. The number of amides is 1. The van der Waals surface area contributed by atoms with Gasteiger partial charge in [-0.25, -0.2) is 22.2 Å². The molecule has 1 aromatic heterocycles. The Morgan fingerprint density at radius 2 is 1.69 bits per heavy atom. The Bertz CT molecular complexity index is 1290. The van der Waals surface area contributed by atoms with Gasteiger partial charge in [-0.3, -0.25) is 4.79 Å². The largest absolute Gasteiger partial charge is 0.497 e. The van der Waals surface area contributed by atoms with Crippen LogP contribution < -0.4 is 15.0 Å². The van der Waals surface area contributed by atoms with Gasteiger partial charge in [-0.2, -0.15) is 4.31 Å². The highest BCUT2D eigenvalue weighted by molar-refractivity contribution is 7.89. The highest BCUT2D eigenvalue weighted by atomic mass is 32.2. The third kappa shape index (κ3) is 5.57. The summed E-state index contributed by atoms with van der Waals surface area (Å²) in [7, 11) is -2.48. The van der Waals surface area contributed by atoms with Gasteiger partial charge >= 0.3 is 0 Å². The maximum absolute atomic E-state index is 13.6. The van der Waals surface area contributed by atoms with Gasteiger partial charge in [0.05, 0.1) is 17.6 Å². The van der Waals surface area contributed by atoms with Crippen molar-refractivity contribution in [3.63, 3.8) is 0 Å². The number of carbonyl (C=O) groups is 1. The van der Waals surface area contributed by atoms with E-state index in [-0.39, 0.29) is 32.1 Å². The number of nitrogens with zero attached hydrogens (tertiary/aromatic N) is 3. The van der Waals surface area contributed by atoms with Crippen LogP contribution in [0.25, 0.3) is 0 Å². The second-order valence-corrected chi connectivity index (χ2v) is 9.84. The first-order valence-corrected chi connectivity index (χ1v) is 12.3. The summed E-state index contributed by atoms with van der Waals surface area (Å²) in [6.45, 7) is 0.973. The number of aromatic nitrogens is 1. The summed E-state index contributed by atoms with van der Waals surface area (Å²) in [6.07, 6.45) is 1.56. The van der Waals surface area contributed by atoms with Crippen molar-refractivity contribution in [1.82, 2.24) is 14.6 Å². The summed E-state index contributed by atoms with van der Waals surface area (Å²) >= 11 is 0. The van der Waals surface area contributed by atoms with E-state index in [9.17, 15) is 22.0 Å². The molecule has 8 nitrogen and oxygen atoms in total. The Balaban J connectivity index is 1.43. The quantitative estimate of drug-likeness (QED) is 0.534. The van der Waals surface area contributed by atoms with Crippen molar-refractivity contribution in [2.75, 3.05) is 38.2 Å². The number of rotatable bonds is 7. The van der Waals surface area contributed by atoms with Crippen LogP contribution in [0.3, 0.4) is 0 Å². The smallest absolute Gasteiger partial charge is 0.255 e. The Labute approximate surface area is 202 Å². The summed E-state index contributed by atoms with van der Waals surface area (Å²) < 4.78 is 59.1. The predicted molar refractivity (Wildman–Crippen MR) is 126 cm³/mol.